The fourth-order valence-corrected chi connectivity index (χ4v) is 2.57. The lowest BCUT2D eigenvalue weighted by Crippen LogP contribution is -2.20. The Morgan fingerprint density at radius 3 is 2.44 bits per heavy atom. The molecule has 2 atom stereocenters. The summed E-state index contributed by atoms with van der Waals surface area (Å²) < 4.78 is 5.74. The molecular formula is C16H16O2. The van der Waals surface area contributed by atoms with E-state index in [1.54, 1.807) is 0 Å². The maximum absolute atomic E-state index is 10.1. The molecule has 0 aliphatic carbocycles. The molecule has 0 radical (unpaired) electrons. The Hall–Kier alpha value is -1.64. The molecule has 3 rings (SSSR count). The zero-order chi connectivity index (χ0) is 12.5. The second-order valence-electron chi connectivity index (χ2n) is 4.74. The van der Waals surface area contributed by atoms with Crippen LogP contribution in [0, 0.1) is 6.92 Å². The topological polar surface area (TPSA) is 29.5 Å². The normalized spacial score (nSPS) is 22.6. The molecule has 1 aliphatic heterocycles. The highest BCUT2D eigenvalue weighted by Crippen LogP contribution is 2.36. The molecule has 0 amide bonds. The molecule has 18 heavy (non-hydrogen) atoms. The fraction of sp³-hybridized carbons (Fsp3) is 0.250. The second-order valence-corrected chi connectivity index (χ2v) is 4.74. The van der Waals surface area contributed by atoms with Crippen molar-refractivity contribution in [3.8, 4) is 0 Å². The Bertz CT molecular complexity index is 563. The van der Waals surface area contributed by atoms with Gasteiger partial charge in [0.2, 0.25) is 0 Å². The van der Waals surface area contributed by atoms with E-state index >= 15 is 0 Å². The molecule has 2 heteroatoms. The molecule has 2 aromatic carbocycles. The number of benzene rings is 2. The Morgan fingerprint density at radius 2 is 1.67 bits per heavy atom. The molecule has 0 aromatic heterocycles. The zero-order valence-electron chi connectivity index (χ0n) is 10.3. The van der Waals surface area contributed by atoms with Gasteiger partial charge in [-0.3, -0.25) is 0 Å². The predicted octanol–water partition coefficient (Wildman–Crippen LogP) is 3.30. The summed E-state index contributed by atoms with van der Waals surface area (Å²) in [6.45, 7) is 2.07. The van der Waals surface area contributed by atoms with Crippen LogP contribution in [0.15, 0.2) is 48.5 Å². The molecular weight excluding hydrogens is 224 g/mol. The van der Waals surface area contributed by atoms with Crippen molar-refractivity contribution in [1.29, 1.82) is 0 Å². The van der Waals surface area contributed by atoms with Gasteiger partial charge in [0.1, 0.15) is 0 Å². The van der Waals surface area contributed by atoms with Crippen molar-refractivity contribution in [2.24, 2.45) is 0 Å². The van der Waals surface area contributed by atoms with Gasteiger partial charge in [0.05, 0.1) is 6.10 Å². The lowest BCUT2D eigenvalue weighted by Gasteiger charge is -2.30. The quantitative estimate of drug-likeness (QED) is 0.828. The molecule has 0 bridgehead atoms. The van der Waals surface area contributed by atoms with Crippen molar-refractivity contribution in [3.05, 3.63) is 70.8 Å². The number of rotatable bonds is 1. The van der Waals surface area contributed by atoms with Crippen LogP contribution in [-0.2, 0) is 11.2 Å². The van der Waals surface area contributed by atoms with Crippen LogP contribution in [0.25, 0.3) is 0 Å². The number of aliphatic hydroxyl groups is 1. The number of aryl methyl sites for hydroxylation is 1. The minimum atomic E-state index is -0.820. The van der Waals surface area contributed by atoms with E-state index < -0.39 is 6.29 Å². The fourth-order valence-electron chi connectivity index (χ4n) is 2.57. The molecule has 0 saturated heterocycles. The molecule has 92 valence electrons. The Balaban J connectivity index is 1.97. The van der Waals surface area contributed by atoms with Crippen LogP contribution in [-0.4, -0.2) is 5.11 Å². The number of hydrogen-bond donors (Lipinski definition) is 1. The van der Waals surface area contributed by atoms with Crippen LogP contribution in [0.3, 0.4) is 0 Å². The summed E-state index contributed by atoms with van der Waals surface area (Å²) in [5.41, 5.74) is 4.42. The first-order chi connectivity index (χ1) is 8.75. The maximum Gasteiger partial charge on any atom is 0.182 e. The smallest absolute Gasteiger partial charge is 0.182 e. The van der Waals surface area contributed by atoms with Crippen molar-refractivity contribution < 1.29 is 9.84 Å². The first kappa shape index (κ1) is 11.5. The van der Waals surface area contributed by atoms with Gasteiger partial charge in [0.15, 0.2) is 6.29 Å². The molecule has 1 heterocycles. The Labute approximate surface area is 107 Å². The van der Waals surface area contributed by atoms with Gasteiger partial charge in [0, 0.05) is 12.0 Å². The van der Waals surface area contributed by atoms with Crippen LogP contribution in [0.4, 0.5) is 0 Å². The summed E-state index contributed by atoms with van der Waals surface area (Å²) in [5.74, 6) is 0. The average molecular weight is 240 g/mol. The van der Waals surface area contributed by atoms with E-state index in [1.165, 1.54) is 11.1 Å². The number of fused-ring (bicyclic) bond motifs is 1. The monoisotopic (exact) mass is 240 g/mol. The molecule has 0 unspecified atom stereocenters. The standard InChI is InChI=1S/C16H16O2/c1-11-6-2-4-8-13(11)15-10-12-7-3-5-9-14(12)16(17)18-15/h2-9,15-17H,10H2,1H3/t15-,16+/m1/s1. The third-order valence-corrected chi connectivity index (χ3v) is 3.55. The number of hydrogen-bond acceptors (Lipinski definition) is 2. The minimum Gasteiger partial charge on any atom is -0.364 e. The van der Waals surface area contributed by atoms with Crippen molar-refractivity contribution in [1.82, 2.24) is 0 Å². The van der Waals surface area contributed by atoms with Gasteiger partial charge < -0.3 is 9.84 Å². The van der Waals surface area contributed by atoms with Crippen molar-refractivity contribution in [3.63, 3.8) is 0 Å². The average Bonchev–Trinajstić information content (AvgIpc) is 2.39. The molecule has 0 spiro atoms. The molecule has 2 aromatic rings. The molecule has 1 N–H and O–H groups in total. The van der Waals surface area contributed by atoms with E-state index in [1.807, 2.05) is 30.3 Å². The third kappa shape index (κ3) is 1.94. The van der Waals surface area contributed by atoms with Crippen molar-refractivity contribution in [2.45, 2.75) is 25.7 Å². The largest absolute Gasteiger partial charge is 0.364 e. The molecule has 0 saturated carbocycles. The SMILES string of the molecule is Cc1ccccc1[C@H]1Cc2ccccc2[C@@H](O)O1. The highest BCUT2D eigenvalue weighted by atomic mass is 16.6. The predicted molar refractivity (Wildman–Crippen MR) is 70.1 cm³/mol. The first-order valence-electron chi connectivity index (χ1n) is 6.22. The van der Waals surface area contributed by atoms with E-state index in [4.69, 9.17) is 4.74 Å². The summed E-state index contributed by atoms with van der Waals surface area (Å²) in [5, 5.41) is 10.1. The highest BCUT2D eigenvalue weighted by molar-refractivity contribution is 5.35. The van der Waals surface area contributed by atoms with Gasteiger partial charge in [-0.15, -0.1) is 0 Å². The van der Waals surface area contributed by atoms with E-state index in [0.29, 0.717) is 0 Å². The summed E-state index contributed by atoms with van der Waals surface area (Å²) in [4.78, 5) is 0. The number of aliphatic hydroxyl groups excluding tert-OH is 1. The van der Waals surface area contributed by atoms with Crippen LogP contribution in [0.1, 0.15) is 34.6 Å². The zero-order valence-corrected chi connectivity index (χ0v) is 10.3. The van der Waals surface area contributed by atoms with Gasteiger partial charge in [-0.25, -0.2) is 0 Å². The van der Waals surface area contributed by atoms with Crippen molar-refractivity contribution in [2.75, 3.05) is 0 Å². The van der Waals surface area contributed by atoms with Crippen LogP contribution >= 0.6 is 0 Å². The van der Waals surface area contributed by atoms with E-state index in [2.05, 4.69) is 25.1 Å². The van der Waals surface area contributed by atoms with Crippen LogP contribution in [0.5, 0.6) is 0 Å². The van der Waals surface area contributed by atoms with Gasteiger partial charge in [0.25, 0.3) is 0 Å². The van der Waals surface area contributed by atoms with E-state index in [0.717, 1.165) is 17.5 Å². The summed E-state index contributed by atoms with van der Waals surface area (Å²) in [6, 6.07) is 16.1. The highest BCUT2D eigenvalue weighted by Gasteiger charge is 2.27. The van der Waals surface area contributed by atoms with E-state index in [9.17, 15) is 5.11 Å². The third-order valence-electron chi connectivity index (χ3n) is 3.55. The first-order valence-corrected chi connectivity index (χ1v) is 6.22. The minimum absolute atomic E-state index is 0.0592. The van der Waals surface area contributed by atoms with Gasteiger partial charge in [-0.05, 0) is 23.6 Å². The summed E-state index contributed by atoms with van der Waals surface area (Å²) in [7, 11) is 0. The number of ether oxygens (including phenoxy) is 1. The summed E-state index contributed by atoms with van der Waals surface area (Å²) in [6.07, 6.45) is -0.0615. The molecule has 2 nitrogen and oxygen atoms in total. The second kappa shape index (κ2) is 4.56. The van der Waals surface area contributed by atoms with Gasteiger partial charge >= 0.3 is 0 Å². The Morgan fingerprint density at radius 1 is 1.00 bits per heavy atom. The lowest BCUT2D eigenvalue weighted by molar-refractivity contribution is -0.151. The Kier molecular flexibility index (Phi) is 2.90. The molecule has 1 aliphatic rings. The maximum atomic E-state index is 10.1. The molecule has 0 fully saturated rings. The van der Waals surface area contributed by atoms with Gasteiger partial charge in [-0.1, -0.05) is 48.5 Å². The van der Waals surface area contributed by atoms with Gasteiger partial charge in [-0.2, -0.15) is 0 Å². The van der Waals surface area contributed by atoms with Crippen molar-refractivity contribution >= 4 is 0 Å². The lowest BCUT2D eigenvalue weighted by atomic mass is 9.92. The summed E-state index contributed by atoms with van der Waals surface area (Å²) >= 11 is 0. The van der Waals surface area contributed by atoms with Crippen LogP contribution < -0.4 is 0 Å². The van der Waals surface area contributed by atoms with E-state index in [-0.39, 0.29) is 6.10 Å². The van der Waals surface area contributed by atoms with Crippen LogP contribution in [0.2, 0.25) is 0 Å².